The Morgan fingerprint density at radius 1 is 1.39 bits per heavy atom. The largest absolute Gasteiger partial charge is 0.326 e. The molecule has 2 N–H and O–H groups in total. The summed E-state index contributed by atoms with van der Waals surface area (Å²) in [5.41, 5.74) is 1.98. The highest BCUT2D eigenvalue weighted by atomic mass is 79.9. The van der Waals surface area contributed by atoms with Crippen molar-refractivity contribution >= 4 is 39.9 Å². The fourth-order valence-corrected chi connectivity index (χ4v) is 2.43. The van der Waals surface area contributed by atoms with E-state index >= 15 is 0 Å². The van der Waals surface area contributed by atoms with E-state index < -0.39 is 0 Å². The van der Waals surface area contributed by atoms with Crippen LogP contribution >= 0.6 is 28.3 Å². The second kappa shape index (κ2) is 7.12. The Hall–Kier alpha value is -0.580. The average molecular weight is 334 g/mol. The van der Waals surface area contributed by atoms with Crippen LogP contribution in [0.5, 0.6) is 0 Å². The van der Waals surface area contributed by atoms with Crippen molar-refractivity contribution in [3.05, 3.63) is 28.2 Å². The van der Waals surface area contributed by atoms with Crippen LogP contribution in [0.4, 0.5) is 5.69 Å². The van der Waals surface area contributed by atoms with E-state index in [9.17, 15) is 4.79 Å². The first kappa shape index (κ1) is 15.5. The van der Waals surface area contributed by atoms with Crippen LogP contribution < -0.4 is 10.6 Å². The van der Waals surface area contributed by atoms with Crippen LogP contribution in [0.15, 0.2) is 22.7 Å². The van der Waals surface area contributed by atoms with E-state index in [0.29, 0.717) is 0 Å². The van der Waals surface area contributed by atoms with Crippen LogP contribution in [0.1, 0.15) is 18.4 Å². The first-order valence-corrected chi connectivity index (χ1v) is 6.74. The molecular weight excluding hydrogens is 316 g/mol. The normalized spacial score (nSPS) is 15.9. The van der Waals surface area contributed by atoms with Crippen LogP contribution in [0, 0.1) is 12.8 Å². The minimum absolute atomic E-state index is 0. The average Bonchev–Trinajstić information content (AvgIpc) is 2.36. The molecule has 100 valence electrons. The van der Waals surface area contributed by atoms with Gasteiger partial charge in [-0.15, -0.1) is 12.4 Å². The fourth-order valence-electron chi connectivity index (χ4n) is 2.06. The van der Waals surface area contributed by atoms with Gasteiger partial charge < -0.3 is 10.6 Å². The molecule has 2 rings (SSSR count). The monoisotopic (exact) mass is 332 g/mol. The topological polar surface area (TPSA) is 41.1 Å². The molecule has 0 radical (unpaired) electrons. The molecule has 0 saturated carbocycles. The molecule has 1 fully saturated rings. The van der Waals surface area contributed by atoms with Gasteiger partial charge in [0.25, 0.3) is 0 Å². The molecule has 1 saturated heterocycles. The molecule has 5 heteroatoms. The van der Waals surface area contributed by atoms with Crippen LogP contribution in [-0.2, 0) is 4.79 Å². The molecule has 1 aromatic rings. The van der Waals surface area contributed by atoms with Gasteiger partial charge in [-0.25, -0.2) is 0 Å². The van der Waals surface area contributed by atoms with Gasteiger partial charge in [-0.1, -0.05) is 22.0 Å². The Morgan fingerprint density at radius 2 is 2.06 bits per heavy atom. The zero-order valence-electron chi connectivity index (χ0n) is 10.3. The molecule has 0 unspecified atom stereocenters. The zero-order chi connectivity index (χ0) is 12.3. The van der Waals surface area contributed by atoms with Crippen molar-refractivity contribution in [3.63, 3.8) is 0 Å². The van der Waals surface area contributed by atoms with Crippen LogP contribution in [-0.4, -0.2) is 19.0 Å². The summed E-state index contributed by atoms with van der Waals surface area (Å²) in [5, 5.41) is 6.29. The van der Waals surface area contributed by atoms with Crippen LogP contribution in [0.25, 0.3) is 0 Å². The minimum Gasteiger partial charge on any atom is -0.326 e. The second-order valence-electron chi connectivity index (χ2n) is 4.43. The van der Waals surface area contributed by atoms with Crippen molar-refractivity contribution in [3.8, 4) is 0 Å². The molecule has 1 aliphatic heterocycles. The third-order valence-corrected chi connectivity index (χ3v) is 4.09. The van der Waals surface area contributed by atoms with Gasteiger partial charge in [0.05, 0.1) is 0 Å². The lowest BCUT2D eigenvalue weighted by Crippen LogP contribution is -2.34. The Bertz CT molecular complexity index is 419. The van der Waals surface area contributed by atoms with E-state index in [0.717, 1.165) is 41.7 Å². The van der Waals surface area contributed by atoms with Crippen molar-refractivity contribution in [2.75, 3.05) is 18.4 Å². The highest BCUT2D eigenvalue weighted by molar-refractivity contribution is 9.10. The van der Waals surface area contributed by atoms with Gasteiger partial charge in [0.2, 0.25) is 5.91 Å². The van der Waals surface area contributed by atoms with Gasteiger partial charge >= 0.3 is 0 Å². The highest BCUT2D eigenvalue weighted by Gasteiger charge is 2.21. The van der Waals surface area contributed by atoms with Crippen LogP contribution in [0.2, 0.25) is 0 Å². The van der Waals surface area contributed by atoms with Gasteiger partial charge in [0, 0.05) is 16.1 Å². The Labute approximate surface area is 122 Å². The molecule has 18 heavy (non-hydrogen) atoms. The molecule has 1 amide bonds. The van der Waals surface area contributed by atoms with Crippen molar-refractivity contribution in [1.82, 2.24) is 5.32 Å². The van der Waals surface area contributed by atoms with E-state index in [2.05, 4.69) is 26.6 Å². The molecule has 1 heterocycles. The molecule has 1 aromatic carbocycles. The van der Waals surface area contributed by atoms with Gasteiger partial charge in [-0.2, -0.15) is 0 Å². The van der Waals surface area contributed by atoms with Gasteiger partial charge in [0.15, 0.2) is 0 Å². The molecule has 0 bridgehead atoms. The molecule has 0 spiro atoms. The van der Waals surface area contributed by atoms with Crippen molar-refractivity contribution in [1.29, 1.82) is 0 Å². The predicted octanol–water partition coefficient (Wildman–Crippen LogP) is 3.12. The maximum Gasteiger partial charge on any atom is 0.227 e. The fraction of sp³-hybridized carbons (Fsp3) is 0.462. The van der Waals surface area contributed by atoms with E-state index in [1.165, 1.54) is 0 Å². The number of benzene rings is 1. The quantitative estimate of drug-likeness (QED) is 0.873. The maximum absolute atomic E-state index is 12.1. The summed E-state index contributed by atoms with van der Waals surface area (Å²) < 4.78 is 1.03. The van der Waals surface area contributed by atoms with E-state index in [1.807, 2.05) is 25.1 Å². The summed E-state index contributed by atoms with van der Waals surface area (Å²) >= 11 is 3.47. The molecule has 1 aliphatic rings. The van der Waals surface area contributed by atoms with Crippen molar-refractivity contribution in [2.45, 2.75) is 19.8 Å². The summed E-state index contributed by atoms with van der Waals surface area (Å²) in [5.74, 6) is 0.294. The van der Waals surface area contributed by atoms with Gasteiger partial charge in [-0.05, 0) is 50.6 Å². The number of rotatable bonds is 2. The first-order chi connectivity index (χ1) is 8.18. The van der Waals surface area contributed by atoms with E-state index in [1.54, 1.807) is 0 Å². The molecular formula is C13H18BrClN2O. The molecule has 0 atom stereocenters. The summed E-state index contributed by atoms with van der Waals surface area (Å²) in [6.07, 6.45) is 1.86. The van der Waals surface area contributed by atoms with Crippen LogP contribution in [0.3, 0.4) is 0 Å². The third-order valence-electron chi connectivity index (χ3n) is 3.24. The van der Waals surface area contributed by atoms with Crippen molar-refractivity contribution in [2.24, 2.45) is 5.92 Å². The second-order valence-corrected chi connectivity index (χ2v) is 5.28. The number of carbonyl (C=O) groups is 1. The number of piperidine rings is 1. The smallest absolute Gasteiger partial charge is 0.227 e. The lowest BCUT2D eigenvalue weighted by molar-refractivity contribution is -0.120. The van der Waals surface area contributed by atoms with Gasteiger partial charge in [-0.3, -0.25) is 4.79 Å². The summed E-state index contributed by atoms with van der Waals surface area (Å²) in [4.78, 5) is 12.1. The summed E-state index contributed by atoms with van der Waals surface area (Å²) in [6, 6.07) is 5.86. The lowest BCUT2D eigenvalue weighted by atomic mass is 9.97. The Balaban J connectivity index is 0.00000162. The number of halogens is 2. The number of hydrogen-bond donors (Lipinski definition) is 2. The number of hydrogen-bond acceptors (Lipinski definition) is 2. The Morgan fingerprint density at radius 3 is 2.72 bits per heavy atom. The lowest BCUT2D eigenvalue weighted by Gasteiger charge is -2.22. The number of nitrogens with one attached hydrogen (secondary N) is 2. The van der Waals surface area contributed by atoms with E-state index in [4.69, 9.17) is 0 Å². The summed E-state index contributed by atoms with van der Waals surface area (Å²) in [7, 11) is 0. The highest BCUT2D eigenvalue weighted by Crippen LogP contribution is 2.24. The van der Waals surface area contributed by atoms with E-state index in [-0.39, 0.29) is 24.2 Å². The molecule has 3 nitrogen and oxygen atoms in total. The zero-order valence-corrected chi connectivity index (χ0v) is 12.7. The predicted molar refractivity (Wildman–Crippen MR) is 80.4 cm³/mol. The maximum atomic E-state index is 12.1. The first-order valence-electron chi connectivity index (χ1n) is 5.95. The molecule has 0 aromatic heterocycles. The SMILES string of the molecule is Cc1c(Br)cccc1NC(=O)C1CCNCC1.Cl. The van der Waals surface area contributed by atoms with Gasteiger partial charge in [0.1, 0.15) is 0 Å². The third kappa shape index (κ3) is 3.70. The standard InChI is InChI=1S/C13H17BrN2O.ClH/c1-9-11(14)3-2-4-12(9)16-13(17)10-5-7-15-8-6-10;/h2-4,10,15H,5-8H2,1H3,(H,16,17);1H. The number of amides is 1. The molecule has 0 aliphatic carbocycles. The van der Waals surface area contributed by atoms with Crippen molar-refractivity contribution < 1.29 is 4.79 Å². The number of anilines is 1. The minimum atomic E-state index is 0. The summed E-state index contributed by atoms with van der Waals surface area (Å²) in [6.45, 7) is 3.88. The number of carbonyl (C=O) groups excluding carboxylic acids is 1. The Kier molecular flexibility index (Phi) is 6.12.